The first-order chi connectivity index (χ1) is 20.7. The third-order valence-electron chi connectivity index (χ3n) is 7.12. The Balaban J connectivity index is 1.12. The molecule has 1 aromatic carbocycles. The molecule has 1 unspecified atom stereocenters. The molecule has 0 aliphatic rings. The third kappa shape index (κ3) is 12.9. The van der Waals surface area contributed by atoms with Gasteiger partial charge in [0.2, 0.25) is 0 Å². The number of ether oxygens (including phenoxy) is 2. The van der Waals surface area contributed by atoms with Gasteiger partial charge in [0, 0.05) is 19.6 Å². The fraction of sp³-hybridized carbons (Fsp3) is 0.581. The predicted molar refractivity (Wildman–Crippen MR) is 175 cm³/mol. The van der Waals surface area contributed by atoms with E-state index >= 15 is 0 Å². The summed E-state index contributed by atoms with van der Waals surface area (Å²) in [7, 11) is -5.49. The van der Waals surface area contributed by atoms with E-state index in [-0.39, 0.29) is 19.1 Å². The van der Waals surface area contributed by atoms with Crippen LogP contribution < -0.4 is 10.9 Å². The Morgan fingerprint density at radius 1 is 0.977 bits per heavy atom. The second-order valence-electron chi connectivity index (χ2n) is 11.4. The van der Waals surface area contributed by atoms with E-state index in [1.807, 2.05) is 0 Å². The summed E-state index contributed by atoms with van der Waals surface area (Å²) < 4.78 is 30.5. The molecule has 10 nitrogen and oxygen atoms in total. The van der Waals surface area contributed by atoms with Gasteiger partial charge in [-0.15, -0.1) is 11.5 Å². The Hall–Kier alpha value is -2.58. The topological polar surface area (TPSA) is 135 Å². The van der Waals surface area contributed by atoms with Gasteiger partial charge in [0.05, 0.1) is 25.6 Å². The van der Waals surface area contributed by atoms with Gasteiger partial charge in [-0.2, -0.15) is 0 Å². The number of aromatic nitrogens is 4. The molecule has 236 valence electrons. The molecule has 0 saturated heterocycles. The molecular formula is C31H48N5O5PSi. The Morgan fingerprint density at radius 2 is 1.67 bits per heavy atom. The van der Waals surface area contributed by atoms with Gasteiger partial charge in [-0.3, -0.25) is 4.57 Å². The van der Waals surface area contributed by atoms with Crippen molar-refractivity contribution in [3.8, 4) is 11.5 Å². The normalized spacial score (nSPS) is 13.9. The number of imidazole rings is 1. The summed E-state index contributed by atoms with van der Waals surface area (Å²) in [6.45, 7) is 8.18. The van der Waals surface area contributed by atoms with Crippen LogP contribution in [0.4, 0.5) is 5.82 Å². The van der Waals surface area contributed by atoms with Crippen molar-refractivity contribution in [2.75, 3.05) is 31.9 Å². The number of benzene rings is 1. The molecule has 0 spiro atoms. The summed E-state index contributed by atoms with van der Waals surface area (Å²) in [4.78, 5) is 22.4. The van der Waals surface area contributed by atoms with Crippen LogP contribution in [0.15, 0.2) is 43.0 Å². The molecular weight excluding hydrogens is 581 g/mol. The van der Waals surface area contributed by atoms with Crippen LogP contribution in [0.1, 0.15) is 64.7 Å². The minimum atomic E-state index is -3.85. The second kappa shape index (κ2) is 18.3. The first-order valence-electron chi connectivity index (χ1n) is 15.3. The molecule has 0 radical (unpaired) electrons. The smallest absolute Gasteiger partial charge is 0.353 e. The lowest BCUT2D eigenvalue weighted by molar-refractivity contribution is 0.0688. The quantitative estimate of drug-likeness (QED) is 0.0703. The molecule has 43 heavy (non-hydrogen) atoms. The monoisotopic (exact) mass is 629 g/mol. The van der Waals surface area contributed by atoms with Gasteiger partial charge in [0.25, 0.3) is 0 Å². The van der Waals surface area contributed by atoms with E-state index in [1.54, 1.807) is 17.8 Å². The number of fused-ring (bicyclic) bond motifs is 1. The zero-order valence-electron chi connectivity index (χ0n) is 25.9. The van der Waals surface area contributed by atoms with Crippen LogP contribution in [0.25, 0.3) is 11.2 Å². The van der Waals surface area contributed by atoms with Crippen LogP contribution in [0, 0.1) is 11.5 Å². The minimum Gasteiger partial charge on any atom is -0.382 e. The van der Waals surface area contributed by atoms with E-state index in [1.165, 1.54) is 43.6 Å². The number of unbranched alkanes of at least 4 members (excludes halogenated alkanes) is 7. The zero-order valence-corrected chi connectivity index (χ0v) is 27.8. The molecule has 0 aliphatic carbocycles. The Morgan fingerprint density at radius 3 is 2.44 bits per heavy atom. The van der Waals surface area contributed by atoms with Gasteiger partial charge in [0.15, 0.2) is 19.5 Å². The number of anilines is 1. The lowest BCUT2D eigenvalue weighted by atomic mass is 10.1. The highest BCUT2D eigenvalue weighted by molar-refractivity contribution is 7.52. The molecule has 0 amide bonds. The van der Waals surface area contributed by atoms with Gasteiger partial charge < -0.3 is 29.2 Å². The van der Waals surface area contributed by atoms with Gasteiger partial charge >= 0.3 is 7.60 Å². The number of nitrogens with two attached hydrogens (primary N) is 1. The van der Waals surface area contributed by atoms with Crippen molar-refractivity contribution in [1.29, 1.82) is 0 Å². The first kappa shape index (κ1) is 34.9. The van der Waals surface area contributed by atoms with Gasteiger partial charge in [-0.1, -0.05) is 75.5 Å². The largest absolute Gasteiger partial charge is 0.382 e. The molecule has 3 rings (SSSR count). The van der Waals surface area contributed by atoms with Gasteiger partial charge in [-0.05, 0) is 31.4 Å². The standard InChI is InChI=1S/C31H48N5O5PSi/c1-27(23-36-25-35-29-30(32)33-24-34-31(29)36)40-26-42(37,38)41-21-16-20-39-19-14-9-7-5-4-6-8-10-15-22-43(2,3)28-17-12-11-13-18-28/h11-13,17-18,24-25,27H,4-10,14,16,19-21,23,26H2,1-3H3,(H,37,38)(H2,32,33,34)/t27-/m1/s1. The summed E-state index contributed by atoms with van der Waals surface area (Å²) in [5, 5.41) is 1.41. The molecule has 2 heterocycles. The van der Waals surface area contributed by atoms with Crippen LogP contribution in [0.5, 0.6) is 0 Å². The molecule has 0 fully saturated rings. The molecule has 3 N–H and O–H groups in total. The number of rotatable bonds is 20. The lowest BCUT2D eigenvalue weighted by Crippen LogP contribution is -2.39. The number of nitrogens with zero attached hydrogens (tertiary/aromatic N) is 4. The predicted octanol–water partition coefficient (Wildman–Crippen LogP) is 5.66. The Kier molecular flexibility index (Phi) is 14.8. The summed E-state index contributed by atoms with van der Waals surface area (Å²) in [5.74, 6) is 3.74. The maximum atomic E-state index is 12.3. The van der Waals surface area contributed by atoms with Crippen molar-refractivity contribution in [2.45, 2.75) is 90.5 Å². The zero-order chi connectivity index (χ0) is 31.0. The van der Waals surface area contributed by atoms with Crippen molar-refractivity contribution in [1.82, 2.24) is 19.5 Å². The maximum absolute atomic E-state index is 12.3. The van der Waals surface area contributed by atoms with Crippen LogP contribution >= 0.6 is 7.60 Å². The average Bonchev–Trinajstić information content (AvgIpc) is 3.40. The Labute approximate surface area is 257 Å². The van der Waals surface area contributed by atoms with Crippen LogP contribution in [-0.4, -0.2) is 64.8 Å². The van der Waals surface area contributed by atoms with E-state index in [4.69, 9.17) is 19.7 Å². The molecule has 0 saturated carbocycles. The first-order valence-corrected chi connectivity index (χ1v) is 20.1. The highest BCUT2D eigenvalue weighted by Gasteiger charge is 2.22. The van der Waals surface area contributed by atoms with Crippen molar-refractivity contribution in [2.24, 2.45) is 0 Å². The van der Waals surface area contributed by atoms with Crippen LogP contribution in [-0.2, 0) is 25.1 Å². The fourth-order valence-electron chi connectivity index (χ4n) is 4.60. The molecule has 0 bridgehead atoms. The van der Waals surface area contributed by atoms with Crippen LogP contribution in [0.3, 0.4) is 0 Å². The Bertz CT molecular complexity index is 1340. The van der Waals surface area contributed by atoms with E-state index in [9.17, 15) is 9.46 Å². The van der Waals surface area contributed by atoms with E-state index < -0.39 is 15.7 Å². The van der Waals surface area contributed by atoms with E-state index in [0.717, 1.165) is 19.3 Å². The summed E-state index contributed by atoms with van der Waals surface area (Å²) in [6.07, 6.45) is 12.1. The van der Waals surface area contributed by atoms with Crippen molar-refractivity contribution < 1.29 is 23.5 Å². The summed E-state index contributed by atoms with van der Waals surface area (Å²) in [5.41, 5.74) is 10.5. The maximum Gasteiger partial charge on any atom is 0.353 e. The SMILES string of the molecule is C[C@H](Cn1cnc2c(N)ncnc21)OCP(=O)(O)OCCCOCCCCCCCCCC#C[Si](C)(C)c1ccccc1. The molecule has 3 aromatic rings. The van der Waals surface area contributed by atoms with Gasteiger partial charge in [0.1, 0.15) is 18.2 Å². The highest BCUT2D eigenvalue weighted by atomic mass is 31.2. The lowest BCUT2D eigenvalue weighted by Gasteiger charge is -2.17. The number of hydrogen-bond acceptors (Lipinski definition) is 8. The molecule has 0 aliphatic heterocycles. The number of hydrogen-bond donors (Lipinski definition) is 2. The van der Waals surface area contributed by atoms with Crippen LogP contribution in [0.2, 0.25) is 13.1 Å². The highest BCUT2D eigenvalue weighted by Crippen LogP contribution is 2.42. The molecule has 2 atom stereocenters. The summed E-state index contributed by atoms with van der Waals surface area (Å²) in [6, 6.07) is 10.7. The fourth-order valence-corrected chi connectivity index (χ4v) is 7.27. The average molecular weight is 630 g/mol. The molecule has 12 heteroatoms. The van der Waals surface area contributed by atoms with Crippen molar-refractivity contribution in [3.63, 3.8) is 0 Å². The third-order valence-corrected chi connectivity index (χ3v) is 10.8. The van der Waals surface area contributed by atoms with E-state index in [2.05, 4.69) is 69.8 Å². The van der Waals surface area contributed by atoms with Crippen molar-refractivity contribution in [3.05, 3.63) is 43.0 Å². The second-order valence-corrected chi connectivity index (χ2v) is 17.3. The van der Waals surface area contributed by atoms with Gasteiger partial charge in [-0.25, -0.2) is 15.0 Å². The molecule has 2 aromatic heterocycles. The summed E-state index contributed by atoms with van der Waals surface area (Å²) >= 11 is 0. The number of nitrogen functional groups attached to an aromatic ring is 1. The minimum absolute atomic E-state index is 0.143. The van der Waals surface area contributed by atoms with Crippen molar-refractivity contribution >= 4 is 37.8 Å². The van der Waals surface area contributed by atoms with E-state index in [0.29, 0.717) is 43.2 Å².